The van der Waals surface area contributed by atoms with Crippen molar-refractivity contribution in [1.29, 1.82) is 0 Å². The van der Waals surface area contributed by atoms with Crippen LogP contribution in [0.2, 0.25) is 0 Å². The fourth-order valence-electron chi connectivity index (χ4n) is 2.85. The van der Waals surface area contributed by atoms with Gasteiger partial charge in [-0.3, -0.25) is 9.97 Å². The zero-order valence-corrected chi connectivity index (χ0v) is 14.5. The lowest BCUT2D eigenvalue weighted by atomic mass is 10.1. The quantitative estimate of drug-likeness (QED) is 0.565. The number of fused-ring (bicyclic) bond motifs is 1. The fourth-order valence-corrected chi connectivity index (χ4v) is 2.85. The van der Waals surface area contributed by atoms with Crippen molar-refractivity contribution < 1.29 is 0 Å². The van der Waals surface area contributed by atoms with Crippen LogP contribution in [0, 0.1) is 0 Å². The first-order chi connectivity index (χ1) is 12.8. The number of aromatic nitrogens is 3. The largest absolute Gasteiger partial charge is 0.388 e. The summed E-state index contributed by atoms with van der Waals surface area (Å²) in [5.74, 6) is 0.826. The van der Waals surface area contributed by atoms with Gasteiger partial charge in [-0.2, -0.15) is 0 Å². The number of benzene rings is 1. The lowest BCUT2D eigenvalue weighted by Crippen LogP contribution is -2.03. The van der Waals surface area contributed by atoms with Crippen LogP contribution in [-0.4, -0.2) is 22.0 Å². The van der Waals surface area contributed by atoms with Gasteiger partial charge in [0.15, 0.2) is 0 Å². The molecule has 0 amide bonds. The minimum Gasteiger partial charge on any atom is -0.388 e. The van der Waals surface area contributed by atoms with Gasteiger partial charge in [-0.15, -0.1) is 0 Å². The van der Waals surface area contributed by atoms with E-state index in [1.807, 2.05) is 55.7 Å². The first kappa shape index (κ1) is 16.0. The van der Waals surface area contributed by atoms with E-state index in [1.54, 1.807) is 12.4 Å². The highest BCUT2D eigenvalue weighted by molar-refractivity contribution is 5.92. The van der Waals surface area contributed by atoms with Crippen molar-refractivity contribution in [2.24, 2.45) is 0 Å². The van der Waals surface area contributed by atoms with Gasteiger partial charge in [0, 0.05) is 48.8 Å². The molecule has 4 rings (SSSR count). The average molecular weight is 341 g/mol. The maximum absolute atomic E-state index is 4.85. The zero-order valence-electron chi connectivity index (χ0n) is 14.5. The minimum absolute atomic E-state index is 0.660. The van der Waals surface area contributed by atoms with Crippen molar-refractivity contribution in [2.75, 3.05) is 17.7 Å². The van der Waals surface area contributed by atoms with Crippen LogP contribution in [0.15, 0.2) is 73.2 Å². The lowest BCUT2D eigenvalue weighted by molar-refractivity contribution is 1.09. The molecule has 0 aliphatic rings. The van der Waals surface area contributed by atoms with Gasteiger partial charge in [0.2, 0.25) is 0 Å². The standard InChI is InChI=1S/C21H19N5/c1-22-17-8-6-16(7-9-17)19-12-20-18(5-3-11-24-20)21(26-19)25-14-15-4-2-10-23-13-15/h2-13,22H,14H2,1H3,(H,25,26). The summed E-state index contributed by atoms with van der Waals surface area (Å²) in [6, 6.07) is 18.2. The highest BCUT2D eigenvalue weighted by atomic mass is 15.0. The average Bonchev–Trinajstić information content (AvgIpc) is 2.72. The number of hydrogen-bond donors (Lipinski definition) is 2. The third-order valence-corrected chi connectivity index (χ3v) is 4.25. The second-order valence-corrected chi connectivity index (χ2v) is 5.97. The Bertz CT molecular complexity index is 1010. The van der Waals surface area contributed by atoms with E-state index in [1.165, 1.54) is 0 Å². The Labute approximate surface area is 152 Å². The number of hydrogen-bond acceptors (Lipinski definition) is 5. The smallest absolute Gasteiger partial charge is 0.136 e. The van der Waals surface area contributed by atoms with Crippen LogP contribution in [0.25, 0.3) is 22.2 Å². The second kappa shape index (κ2) is 7.19. The number of nitrogens with one attached hydrogen (secondary N) is 2. The molecule has 0 saturated carbocycles. The van der Waals surface area contributed by atoms with Crippen molar-refractivity contribution in [2.45, 2.75) is 6.54 Å². The third-order valence-electron chi connectivity index (χ3n) is 4.25. The Kier molecular flexibility index (Phi) is 4.43. The molecule has 0 aliphatic heterocycles. The highest BCUT2D eigenvalue weighted by Crippen LogP contribution is 2.27. The van der Waals surface area contributed by atoms with Crippen LogP contribution in [0.3, 0.4) is 0 Å². The van der Waals surface area contributed by atoms with Gasteiger partial charge in [0.1, 0.15) is 5.82 Å². The molecule has 1 aromatic carbocycles. The molecule has 5 heteroatoms. The maximum atomic E-state index is 4.85. The normalized spacial score (nSPS) is 10.7. The summed E-state index contributed by atoms with van der Waals surface area (Å²) < 4.78 is 0. The van der Waals surface area contributed by atoms with E-state index in [4.69, 9.17) is 4.98 Å². The van der Waals surface area contributed by atoms with Crippen LogP contribution in [0.5, 0.6) is 0 Å². The van der Waals surface area contributed by atoms with Gasteiger partial charge in [0.05, 0.1) is 11.2 Å². The molecule has 0 fully saturated rings. The summed E-state index contributed by atoms with van der Waals surface area (Å²) >= 11 is 0. The van der Waals surface area contributed by atoms with E-state index >= 15 is 0 Å². The molecule has 3 aromatic heterocycles. The predicted molar refractivity (Wildman–Crippen MR) is 106 cm³/mol. The summed E-state index contributed by atoms with van der Waals surface area (Å²) in [6.07, 6.45) is 5.44. The predicted octanol–water partition coefficient (Wildman–Crippen LogP) is 4.35. The Morgan fingerprint density at radius 3 is 2.58 bits per heavy atom. The summed E-state index contributed by atoms with van der Waals surface area (Å²) in [4.78, 5) is 13.5. The van der Waals surface area contributed by atoms with Crippen molar-refractivity contribution >= 4 is 22.4 Å². The van der Waals surface area contributed by atoms with Gasteiger partial charge in [0.25, 0.3) is 0 Å². The van der Waals surface area contributed by atoms with E-state index in [0.717, 1.165) is 39.2 Å². The van der Waals surface area contributed by atoms with Crippen molar-refractivity contribution in [3.8, 4) is 11.3 Å². The SMILES string of the molecule is CNc1ccc(-c2cc3ncccc3c(NCc3cccnc3)n2)cc1. The third kappa shape index (κ3) is 3.32. The number of anilines is 2. The molecule has 0 aliphatic carbocycles. The molecule has 0 saturated heterocycles. The molecule has 5 nitrogen and oxygen atoms in total. The van der Waals surface area contributed by atoms with Crippen LogP contribution < -0.4 is 10.6 Å². The molecule has 0 bridgehead atoms. The van der Waals surface area contributed by atoms with Gasteiger partial charge in [-0.1, -0.05) is 18.2 Å². The van der Waals surface area contributed by atoms with Gasteiger partial charge in [-0.25, -0.2) is 4.98 Å². The van der Waals surface area contributed by atoms with E-state index in [-0.39, 0.29) is 0 Å². The van der Waals surface area contributed by atoms with Gasteiger partial charge in [-0.05, 0) is 42.0 Å². The van der Waals surface area contributed by atoms with E-state index in [9.17, 15) is 0 Å². The lowest BCUT2D eigenvalue weighted by Gasteiger charge is -2.11. The molecule has 128 valence electrons. The Morgan fingerprint density at radius 2 is 1.81 bits per heavy atom. The molecular weight excluding hydrogens is 322 g/mol. The fraction of sp³-hybridized carbons (Fsp3) is 0.0952. The molecule has 0 unspecified atom stereocenters. The van der Waals surface area contributed by atoms with Crippen LogP contribution in [0.4, 0.5) is 11.5 Å². The summed E-state index contributed by atoms with van der Waals surface area (Å²) in [5, 5.41) is 7.57. The van der Waals surface area contributed by atoms with Crippen molar-refractivity contribution in [1.82, 2.24) is 15.0 Å². The Morgan fingerprint density at radius 1 is 0.962 bits per heavy atom. The first-order valence-electron chi connectivity index (χ1n) is 8.50. The topological polar surface area (TPSA) is 62.7 Å². The molecule has 4 aromatic rings. The second-order valence-electron chi connectivity index (χ2n) is 5.97. The highest BCUT2D eigenvalue weighted by Gasteiger charge is 2.09. The van der Waals surface area contributed by atoms with Crippen LogP contribution in [0.1, 0.15) is 5.56 Å². The zero-order chi connectivity index (χ0) is 17.8. The first-order valence-corrected chi connectivity index (χ1v) is 8.50. The summed E-state index contributed by atoms with van der Waals surface area (Å²) in [5.41, 5.74) is 5.05. The Balaban J connectivity index is 1.72. The molecule has 0 atom stereocenters. The molecule has 26 heavy (non-hydrogen) atoms. The minimum atomic E-state index is 0.660. The monoisotopic (exact) mass is 341 g/mol. The summed E-state index contributed by atoms with van der Waals surface area (Å²) in [7, 11) is 1.91. The van der Waals surface area contributed by atoms with Crippen molar-refractivity contribution in [3.63, 3.8) is 0 Å². The van der Waals surface area contributed by atoms with Crippen LogP contribution in [-0.2, 0) is 6.54 Å². The molecule has 0 spiro atoms. The van der Waals surface area contributed by atoms with E-state index < -0.39 is 0 Å². The van der Waals surface area contributed by atoms with Crippen molar-refractivity contribution in [3.05, 3.63) is 78.8 Å². The molecule has 3 heterocycles. The van der Waals surface area contributed by atoms with Crippen LogP contribution >= 0.6 is 0 Å². The Hall–Kier alpha value is -3.47. The number of rotatable bonds is 5. The summed E-state index contributed by atoms with van der Waals surface area (Å²) in [6.45, 7) is 0.660. The molecule has 2 N–H and O–H groups in total. The maximum Gasteiger partial charge on any atom is 0.136 e. The van der Waals surface area contributed by atoms with E-state index in [2.05, 4.69) is 32.7 Å². The van der Waals surface area contributed by atoms with E-state index in [0.29, 0.717) is 6.54 Å². The molecular formula is C21H19N5. The molecule has 0 radical (unpaired) electrons. The number of pyridine rings is 3. The van der Waals surface area contributed by atoms with Gasteiger partial charge < -0.3 is 10.6 Å². The van der Waals surface area contributed by atoms with Gasteiger partial charge >= 0.3 is 0 Å². The number of nitrogens with zero attached hydrogens (tertiary/aromatic N) is 3.